The van der Waals surface area contributed by atoms with Crippen molar-refractivity contribution in [2.24, 2.45) is 0 Å². The van der Waals surface area contributed by atoms with Gasteiger partial charge in [-0.25, -0.2) is 0 Å². The highest BCUT2D eigenvalue weighted by Crippen LogP contribution is 2.31. The molecular weight excluding hydrogens is 388 g/mol. The van der Waals surface area contributed by atoms with Crippen molar-refractivity contribution in [3.05, 3.63) is 64.9 Å². The summed E-state index contributed by atoms with van der Waals surface area (Å²) in [5.74, 6) is 0.102. The predicted octanol–water partition coefficient (Wildman–Crippen LogP) is 2.98. The number of carbonyl (C=O) groups is 1. The highest BCUT2D eigenvalue weighted by Gasteiger charge is 2.36. The minimum Gasteiger partial charge on any atom is -0.393 e. The summed E-state index contributed by atoms with van der Waals surface area (Å²) < 4.78 is 6.17. The molecule has 6 nitrogen and oxygen atoms in total. The molecule has 164 valence electrons. The summed E-state index contributed by atoms with van der Waals surface area (Å²) in [5.41, 5.74) is 4.84. The van der Waals surface area contributed by atoms with Gasteiger partial charge in [-0.2, -0.15) is 0 Å². The molecule has 0 radical (unpaired) electrons. The van der Waals surface area contributed by atoms with Crippen LogP contribution in [0.2, 0.25) is 0 Å². The molecular formula is C25H32N4O2. The van der Waals surface area contributed by atoms with Gasteiger partial charge in [0.25, 0.3) is 5.91 Å². The fourth-order valence-electron chi connectivity index (χ4n) is 4.61. The highest BCUT2D eigenvalue weighted by atomic mass is 16.5. The monoisotopic (exact) mass is 420 g/mol. The van der Waals surface area contributed by atoms with E-state index in [2.05, 4.69) is 22.4 Å². The van der Waals surface area contributed by atoms with Gasteiger partial charge in [-0.1, -0.05) is 36.4 Å². The van der Waals surface area contributed by atoms with E-state index in [1.807, 2.05) is 36.2 Å². The molecule has 1 aromatic carbocycles. The van der Waals surface area contributed by atoms with E-state index < -0.39 is 0 Å². The molecule has 0 bridgehead atoms. The minimum absolute atomic E-state index is 0.102. The molecule has 2 aliphatic heterocycles. The van der Waals surface area contributed by atoms with Gasteiger partial charge in [0, 0.05) is 44.7 Å². The molecule has 6 heteroatoms. The lowest BCUT2D eigenvalue weighted by Crippen LogP contribution is -2.32. The van der Waals surface area contributed by atoms with Crippen LogP contribution < -0.4 is 5.32 Å². The number of hydrogen-bond donors (Lipinski definition) is 2. The summed E-state index contributed by atoms with van der Waals surface area (Å²) in [5, 5.41) is 10.5. The molecule has 1 atom stereocenters. The Labute approximate surface area is 184 Å². The number of allylic oxidation sites excluding steroid dienone is 1. The van der Waals surface area contributed by atoms with Gasteiger partial charge < -0.3 is 25.3 Å². The Morgan fingerprint density at radius 3 is 2.74 bits per heavy atom. The third-order valence-corrected chi connectivity index (χ3v) is 6.26. The SMILES string of the molecule is CN/C=C(\C=N)c1ccc(CN2CC3=C(C2=O)C(OCCN2CCCC2)CC=C3)cc1. The Bertz CT molecular complexity index is 895. The summed E-state index contributed by atoms with van der Waals surface area (Å²) in [6.45, 7) is 5.19. The zero-order valence-corrected chi connectivity index (χ0v) is 18.3. The highest BCUT2D eigenvalue weighted by molar-refractivity contribution is 6.08. The van der Waals surface area contributed by atoms with Crippen molar-refractivity contribution in [1.29, 1.82) is 5.41 Å². The average Bonchev–Trinajstić information content (AvgIpc) is 3.41. The van der Waals surface area contributed by atoms with Gasteiger partial charge in [0.15, 0.2) is 0 Å². The first-order valence-electron chi connectivity index (χ1n) is 11.2. The molecule has 1 amide bonds. The van der Waals surface area contributed by atoms with Crippen molar-refractivity contribution in [2.75, 3.05) is 39.8 Å². The van der Waals surface area contributed by atoms with Crippen molar-refractivity contribution in [1.82, 2.24) is 15.1 Å². The molecule has 2 heterocycles. The second-order valence-electron chi connectivity index (χ2n) is 8.38. The molecule has 1 saturated heterocycles. The van der Waals surface area contributed by atoms with Crippen LogP contribution in [0.15, 0.2) is 53.8 Å². The van der Waals surface area contributed by atoms with Crippen LogP contribution in [0.5, 0.6) is 0 Å². The van der Waals surface area contributed by atoms with Gasteiger partial charge in [0.2, 0.25) is 0 Å². The lowest BCUT2D eigenvalue weighted by Gasteiger charge is -2.23. The number of likely N-dealkylation sites (tertiary alicyclic amines) is 1. The number of amides is 1. The smallest absolute Gasteiger partial charge is 0.253 e. The first-order chi connectivity index (χ1) is 15.2. The first kappa shape index (κ1) is 21.5. The van der Waals surface area contributed by atoms with Crippen LogP contribution in [0.25, 0.3) is 5.57 Å². The van der Waals surface area contributed by atoms with Crippen LogP contribution in [-0.2, 0) is 16.1 Å². The maximum atomic E-state index is 13.2. The van der Waals surface area contributed by atoms with Gasteiger partial charge in [-0.15, -0.1) is 0 Å². The van der Waals surface area contributed by atoms with E-state index in [0.29, 0.717) is 19.7 Å². The second-order valence-corrected chi connectivity index (χ2v) is 8.38. The van der Waals surface area contributed by atoms with E-state index in [0.717, 1.165) is 40.8 Å². The molecule has 31 heavy (non-hydrogen) atoms. The van der Waals surface area contributed by atoms with E-state index in [1.165, 1.54) is 32.1 Å². The fourth-order valence-corrected chi connectivity index (χ4v) is 4.61. The largest absolute Gasteiger partial charge is 0.393 e. The van der Waals surface area contributed by atoms with Crippen molar-refractivity contribution >= 4 is 17.7 Å². The zero-order valence-electron chi connectivity index (χ0n) is 18.3. The number of hydrogen-bond acceptors (Lipinski definition) is 5. The van der Waals surface area contributed by atoms with Crippen LogP contribution in [0.3, 0.4) is 0 Å². The van der Waals surface area contributed by atoms with Gasteiger partial charge in [-0.05, 0) is 49.1 Å². The second kappa shape index (κ2) is 10.1. The number of carbonyl (C=O) groups excluding carboxylic acids is 1. The normalized spacial score (nSPS) is 21.7. The zero-order chi connectivity index (χ0) is 21.6. The van der Waals surface area contributed by atoms with E-state index in [9.17, 15) is 4.79 Å². The summed E-state index contributed by atoms with van der Waals surface area (Å²) in [7, 11) is 1.82. The number of nitrogens with zero attached hydrogens (tertiary/aromatic N) is 2. The van der Waals surface area contributed by atoms with Gasteiger partial charge in [-0.3, -0.25) is 4.79 Å². The summed E-state index contributed by atoms with van der Waals surface area (Å²) in [4.78, 5) is 17.5. The maximum absolute atomic E-state index is 13.2. The van der Waals surface area contributed by atoms with E-state index in [-0.39, 0.29) is 12.0 Å². The maximum Gasteiger partial charge on any atom is 0.253 e. The number of ether oxygens (including phenoxy) is 1. The molecule has 1 fully saturated rings. The summed E-state index contributed by atoms with van der Waals surface area (Å²) in [6, 6.07) is 8.07. The molecule has 4 rings (SSSR count). The Hall–Kier alpha value is -2.70. The van der Waals surface area contributed by atoms with E-state index in [4.69, 9.17) is 10.1 Å². The van der Waals surface area contributed by atoms with Crippen molar-refractivity contribution in [2.45, 2.75) is 31.9 Å². The van der Waals surface area contributed by atoms with Crippen molar-refractivity contribution < 1.29 is 9.53 Å². The van der Waals surface area contributed by atoms with Crippen LogP contribution in [-0.4, -0.2) is 67.9 Å². The first-order valence-corrected chi connectivity index (χ1v) is 11.2. The van der Waals surface area contributed by atoms with Crippen LogP contribution >= 0.6 is 0 Å². The molecule has 0 saturated carbocycles. The van der Waals surface area contributed by atoms with Crippen molar-refractivity contribution in [3.8, 4) is 0 Å². The van der Waals surface area contributed by atoms with Gasteiger partial charge in [0.1, 0.15) is 0 Å². The summed E-state index contributed by atoms with van der Waals surface area (Å²) in [6.07, 6.45) is 10.6. The number of benzene rings is 1. The van der Waals surface area contributed by atoms with Gasteiger partial charge in [0.05, 0.1) is 18.3 Å². The van der Waals surface area contributed by atoms with E-state index >= 15 is 0 Å². The van der Waals surface area contributed by atoms with Crippen molar-refractivity contribution in [3.63, 3.8) is 0 Å². The lowest BCUT2D eigenvalue weighted by atomic mass is 9.97. The quantitative estimate of drug-likeness (QED) is 0.603. The topological polar surface area (TPSA) is 68.7 Å². The number of nitrogens with one attached hydrogen (secondary N) is 2. The lowest BCUT2D eigenvalue weighted by molar-refractivity contribution is -0.127. The Morgan fingerprint density at radius 2 is 2.03 bits per heavy atom. The molecule has 1 aliphatic carbocycles. The van der Waals surface area contributed by atoms with E-state index in [1.54, 1.807) is 6.20 Å². The van der Waals surface area contributed by atoms with Gasteiger partial charge >= 0.3 is 0 Å². The molecule has 1 unspecified atom stereocenters. The molecule has 0 aromatic heterocycles. The van der Waals surface area contributed by atoms with Crippen LogP contribution in [0, 0.1) is 5.41 Å². The van der Waals surface area contributed by atoms with Crippen LogP contribution in [0.4, 0.5) is 0 Å². The Morgan fingerprint density at radius 1 is 1.26 bits per heavy atom. The third-order valence-electron chi connectivity index (χ3n) is 6.26. The number of rotatable bonds is 9. The predicted molar refractivity (Wildman–Crippen MR) is 124 cm³/mol. The average molecular weight is 421 g/mol. The molecule has 0 spiro atoms. The standard InChI is InChI=1S/C25H32N4O2/c1-27-16-22(15-26)20-9-7-19(8-10-20)17-29-18-21-5-4-6-23(24(21)25(29)30)31-14-13-28-11-2-3-12-28/h4-5,7-10,15-16,23,26-27H,2-3,6,11-14,17-18H2,1H3/b22-16+,26-15?. The summed E-state index contributed by atoms with van der Waals surface area (Å²) >= 11 is 0. The molecule has 3 aliphatic rings. The Kier molecular flexibility index (Phi) is 6.99. The van der Waals surface area contributed by atoms with Crippen LogP contribution in [0.1, 0.15) is 30.4 Å². The molecule has 1 aromatic rings. The minimum atomic E-state index is -0.121. The Balaban J connectivity index is 1.36. The fraction of sp³-hybridized carbons (Fsp3) is 0.440. The molecule has 2 N–H and O–H groups in total. The third kappa shape index (κ3) is 4.97.